The van der Waals surface area contributed by atoms with Crippen LogP contribution in [0.15, 0.2) is 24.3 Å². The minimum Gasteiger partial charge on any atom is -0.369 e. The fraction of sp³-hybridized carbons (Fsp3) is 0.769. The fourth-order valence-corrected chi connectivity index (χ4v) is 5.90. The second-order valence-corrected chi connectivity index (χ2v) is 10.7. The van der Waals surface area contributed by atoms with Gasteiger partial charge in [-0.2, -0.15) is 0 Å². The van der Waals surface area contributed by atoms with Crippen molar-refractivity contribution in [3.8, 4) is 0 Å². The minimum atomic E-state index is 0.662. The Morgan fingerprint density at radius 3 is 2.00 bits per heavy atom. The number of rotatable bonds is 5. The number of likely N-dealkylation sites (tertiary alicyclic amines) is 1. The number of piperidine rings is 1. The molecule has 0 amide bonds. The van der Waals surface area contributed by atoms with Crippen molar-refractivity contribution in [3.05, 3.63) is 29.8 Å². The van der Waals surface area contributed by atoms with Crippen LogP contribution in [0.1, 0.15) is 57.9 Å². The van der Waals surface area contributed by atoms with E-state index in [1.165, 1.54) is 82.6 Å². The second kappa shape index (κ2) is 9.58. The van der Waals surface area contributed by atoms with E-state index in [1.807, 2.05) is 0 Å². The lowest BCUT2D eigenvalue weighted by molar-refractivity contribution is 0.0125. The molecule has 1 aromatic carbocycles. The average molecular weight is 413 g/mol. The number of piperazine rings is 1. The summed E-state index contributed by atoms with van der Waals surface area (Å²) in [7, 11) is 2.33. The zero-order chi connectivity index (χ0) is 21.1. The van der Waals surface area contributed by atoms with E-state index in [9.17, 15) is 0 Å². The van der Waals surface area contributed by atoms with E-state index in [1.54, 1.807) is 0 Å². The molecule has 30 heavy (non-hydrogen) atoms. The first-order chi connectivity index (χ1) is 14.4. The molecule has 1 spiro atoms. The molecule has 2 heterocycles. The van der Waals surface area contributed by atoms with Crippen LogP contribution in [-0.4, -0.2) is 79.8 Å². The van der Waals surface area contributed by atoms with Crippen LogP contribution in [0.25, 0.3) is 0 Å². The lowest BCUT2D eigenvalue weighted by Gasteiger charge is -2.49. The van der Waals surface area contributed by atoms with Crippen molar-refractivity contribution in [2.75, 3.05) is 57.9 Å². The number of aryl methyl sites for hydroxylation is 1. The Balaban J connectivity index is 1.18. The molecule has 0 bridgehead atoms. The van der Waals surface area contributed by atoms with Crippen molar-refractivity contribution < 1.29 is 0 Å². The van der Waals surface area contributed by atoms with Crippen molar-refractivity contribution in [3.63, 3.8) is 0 Å². The summed E-state index contributed by atoms with van der Waals surface area (Å²) in [4.78, 5) is 10.6. The lowest BCUT2D eigenvalue weighted by Crippen LogP contribution is -2.52. The van der Waals surface area contributed by atoms with E-state index in [0.717, 1.165) is 19.1 Å². The predicted molar refractivity (Wildman–Crippen MR) is 128 cm³/mol. The molecule has 4 nitrogen and oxygen atoms in total. The molecule has 1 aromatic rings. The minimum absolute atomic E-state index is 0.662. The highest BCUT2D eigenvalue weighted by molar-refractivity contribution is 5.47. The van der Waals surface area contributed by atoms with Crippen LogP contribution in [0, 0.1) is 12.3 Å². The second-order valence-electron chi connectivity index (χ2n) is 10.7. The van der Waals surface area contributed by atoms with Crippen LogP contribution >= 0.6 is 0 Å². The molecule has 1 aliphatic carbocycles. The smallest absolute Gasteiger partial charge is 0.0507 e. The molecule has 0 N–H and O–H groups in total. The summed E-state index contributed by atoms with van der Waals surface area (Å²) in [6, 6.07) is 10.5. The maximum atomic E-state index is 2.74. The number of benzene rings is 1. The Bertz CT molecular complexity index is 644. The monoisotopic (exact) mass is 412 g/mol. The summed E-state index contributed by atoms with van der Waals surface area (Å²) in [5, 5.41) is 0. The number of hydrogen-bond donors (Lipinski definition) is 0. The van der Waals surface area contributed by atoms with Crippen LogP contribution in [-0.2, 0) is 0 Å². The highest BCUT2D eigenvalue weighted by Crippen LogP contribution is 2.45. The lowest BCUT2D eigenvalue weighted by atomic mass is 9.66. The van der Waals surface area contributed by atoms with E-state index < -0.39 is 0 Å². The first-order valence-corrected chi connectivity index (χ1v) is 12.4. The number of nitrogens with zero attached hydrogens (tertiary/aromatic N) is 4. The molecular weight excluding hydrogens is 368 g/mol. The van der Waals surface area contributed by atoms with Gasteiger partial charge in [0, 0.05) is 44.0 Å². The summed E-state index contributed by atoms with van der Waals surface area (Å²) in [6.07, 6.45) is 8.59. The van der Waals surface area contributed by atoms with Gasteiger partial charge in [-0.05, 0) is 97.0 Å². The summed E-state index contributed by atoms with van der Waals surface area (Å²) in [6.45, 7) is 15.3. The van der Waals surface area contributed by atoms with Gasteiger partial charge in [0.2, 0.25) is 0 Å². The van der Waals surface area contributed by atoms with Crippen LogP contribution in [0.2, 0.25) is 0 Å². The van der Waals surface area contributed by atoms with E-state index in [0.29, 0.717) is 11.5 Å². The fourth-order valence-electron chi connectivity index (χ4n) is 5.90. The van der Waals surface area contributed by atoms with Crippen molar-refractivity contribution in [2.24, 2.45) is 5.41 Å². The van der Waals surface area contributed by atoms with Gasteiger partial charge in [0.15, 0.2) is 0 Å². The quantitative estimate of drug-likeness (QED) is 0.709. The zero-order valence-electron chi connectivity index (χ0n) is 19.9. The van der Waals surface area contributed by atoms with E-state index in [-0.39, 0.29) is 0 Å². The third-order valence-electron chi connectivity index (χ3n) is 8.49. The highest BCUT2D eigenvalue weighted by Gasteiger charge is 2.39. The molecule has 1 saturated carbocycles. The van der Waals surface area contributed by atoms with Gasteiger partial charge in [0.05, 0.1) is 6.67 Å². The third-order valence-corrected chi connectivity index (χ3v) is 8.49. The van der Waals surface area contributed by atoms with Gasteiger partial charge >= 0.3 is 0 Å². The van der Waals surface area contributed by atoms with Crippen molar-refractivity contribution >= 4 is 5.69 Å². The van der Waals surface area contributed by atoms with E-state index in [2.05, 4.69) is 71.7 Å². The highest BCUT2D eigenvalue weighted by atomic mass is 15.3. The normalized spacial score (nSPS) is 24.3. The van der Waals surface area contributed by atoms with Crippen LogP contribution in [0.5, 0.6) is 0 Å². The molecule has 4 heteroatoms. The molecule has 0 aromatic heterocycles. The average Bonchev–Trinajstić information content (AvgIpc) is 2.77. The predicted octanol–water partition coefficient (Wildman–Crippen LogP) is 4.44. The Kier molecular flexibility index (Phi) is 7.06. The summed E-state index contributed by atoms with van der Waals surface area (Å²) >= 11 is 0. The van der Waals surface area contributed by atoms with Gasteiger partial charge < -0.3 is 9.80 Å². The maximum absolute atomic E-state index is 2.74. The first kappa shape index (κ1) is 22.1. The molecule has 2 aliphatic heterocycles. The molecule has 0 unspecified atom stereocenters. The van der Waals surface area contributed by atoms with Gasteiger partial charge in [0.25, 0.3) is 0 Å². The Morgan fingerprint density at radius 2 is 1.43 bits per heavy atom. The Hall–Kier alpha value is -1.10. The van der Waals surface area contributed by atoms with Gasteiger partial charge in [-0.25, -0.2) is 0 Å². The Morgan fingerprint density at radius 1 is 0.867 bits per heavy atom. The molecule has 0 radical (unpaired) electrons. The summed E-state index contributed by atoms with van der Waals surface area (Å²) < 4.78 is 0. The molecular formula is C26H44N4. The third kappa shape index (κ3) is 5.20. The van der Waals surface area contributed by atoms with Gasteiger partial charge in [-0.1, -0.05) is 17.7 Å². The molecule has 2 saturated heterocycles. The zero-order valence-corrected chi connectivity index (χ0v) is 19.9. The number of anilines is 1. The van der Waals surface area contributed by atoms with Gasteiger partial charge in [0.1, 0.15) is 0 Å². The molecule has 0 atom stereocenters. The molecule has 4 rings (SSSR count). The van der Waals surface area contributed by atoms with Gasteiger partial charge in [-0.15, -0.1) is 0 Å². The van der Waals surface area contributed by atoms with Gasteiger partial charge in [-0.3, -0.25) is 9.80 Å². The van der Waals surface area contributed by atoms with Crippen molar-refractivity contribution in [1.82, 2.24) is 14.7 Å². The topological polar surface area (TPSA) is 13.0 Å². The standard InChI is InChI=1S/C26H44N4/c1-22(2)27(4)24-9-11-26(12-10-24)13-15-28(16-14-26)21-29-17-19-30(20-18-29)25-7-5-23(3)6-8-25/h5-8,22,24H,9-21H2,1-4H3. The summed E-state index contributed by atoms with van der Waals surface area (Å²) in [5.74, 6) is 0. The molecule has 168 valence electrons. The SMILES string of the molecule is Cc1ccc(N2CCN(CN3CCC4(CCC(N(C)C(C)C)CC4)CC3)CC2)cc1. The first-order valence-electron chi connectivity index (χ1n) is 12.4. The van der Waals surface area contributed by atoms with E-state index >= 15 is 0 Å². The molecule has 3 aliphatic rings. The largest absolute Gasteiger partial charge is 0.369 e. The summed E-state index contributed by atoms with van der Waals surface area (Å²) in [5.41, 5.74) is 3.40. The Labute approximate surface area is 185 Å². The van der Waals surface area contributed by atoms with Crippen LogP contribution in [0.4, 0.5) is 5.69 Å². The van der Waals surface area contributed by atoms with Crippen LogP contribution < -0.4 is 4.90 Å². The van der Waals surface area contributed by atoms with Crippen LogP contribution in [0.3, 0.4) is 0 Å². The van der Waals surface area contributed by atoms with E-state index in [4.69, 9.17) is 0 Å². The molecule has 3 fully saturated rings. The maximum Gasteiger partial charge on any atom is 0.0507 e. The van der Waals surface area contributed by atoms with Crippen molar-refractivity contribution in [1.29, 1.82) is 0 Å². The van der Waals surface area contributed by atoms with Crippen molar-refractivity contribution in [2.45, 2.75) is 71.4 Å². The number of hydrogen-bond acceptors (Lipinski definition) is 4.